The molecule has 0 aliphatic heterocycles. The highest BCUT2D eigenvalue weighted by atomic mass is 19.1. The smallest absolute Gasteiger partial charge is 0.127 e. The Morgan fingerprint density at radius 1 is 0.829 bits per heavy atom. The molecule has 0 unspecified atom stereocenters. The van der Waals surface area contributed by atoms with E-state index in [9.17, 15) is 4.39 Å². The number of fused-ring (bicyclic) bond motifs is 2. The van der Waals surface area contributed by atoms with Crippen LogP contribution in [0.25, 0.3) is 55.7 Å². The Balaban J connectivity index is 1.37. The summed E-state index contributed by atoms with van der Waals surface area (Å²) in [5, 5.41) is 9.56. The fraction of sp³-hybridized carbons (Fsp3) is 0.219. The van der Waals surface area contributed by atoms with E-state index in [2.05, 4.69) is 69.5 Å². The molecule has 0 atom stereocenters. The zero-order valence-corrected chi connectivity index (χ0v) is 23.6. The largest absolute Gasteiger partial charge is 0.492 e. The van der Waals surface area contributed by atoms with E-state index in [1.807, 2.05) is 43.4 Å². The van der Waals surface area contributed by atoms with E-state index >= 15 is 0 Å². The van der Waals surface area contributed by atoms with Crippen LogP contribution in [0.2, 0.25) is 0 Å². The Bertz CT molecular complexity index is 1840. The second-order valence-electron chi connectivity index (χ2n) is 10.8. The molecule has 0 radical (unpaired) electrons. The van der Waals surface area contributed by atoms with Crippen molar-refractivity contribution in [2.24, 2.45) is 0 Å². The van der Waals surface area contributed by atoms with Gasteiger partial charge in [-0.2, -0.15) is 5.10 Å². The molecule has 0 aliphatic carbocycles. The molecular weight excluding hydrogens is 517 g/mol. The summed E-state index contributed by atoms with van der Waals surface area (Å²) in [7, 11) is 8.06. The van der Waals surface area contributed by atoms with Gasteiger partial charge in [0.1, 0.15) is 23.9 Å². The van der Waals surface area contributed by atoms with E-state index < -0.39 is 0 Å². The monoisotopic (exact) mass is 549 g/mol. The van der Waals surface area contributed by atoms with Gasteiger partial charge in [-0.3, -0.25) is 15.1 Å². The highest BCUT2D eigenvalue weighted by molar-refractivity contribution is 6.00. The van der Waals surface area contributed by atoms with Crippen LogP contribution in [0.4, 0.5) is 4.39 Å². The van der Waals surface area contributed by atoms with E-state index in [0.29, 0.717) is 23.6 Å². The minimum absolute atomic E-state index is 0.370. The SMILES string of the molecule is CN(C)CCOc1cc(F)cc(-c2nccc3[nH]c(-c4n[nH]c5cnc(-c6cccc(CN(C)C)c6)cc45)cc23)c1. The average molecular weight is 550 g/mol. The first-order valence-electron chi connectivity index (χ1n) is 13.5. The maximum atomic E-state index is 14.6. The first kappa shape index (κ1) is 26.6. The molecule has 2 aromatic carbocycles. The summed E-state index contributed by atoms with van der Waals surface area (Å²) < 4.78 is 20.4. The van der Waals surface area contributed by atoms with Gasteiger partial charge in [-0.15, -0.1) is 0 Å². The average Bonchev–Trinajstić information content (AvgIpc) is 3.56. The van der Waals surface area contributed by atoms with Gasteiger partial charge in [0.2, 0.25) is 0 Å². The number of nitrogens with zero attached hydrogens (tertiary/aromatic N) is 5. The normalized spacial score (nSPS) is 11.8. The molecule has 41 heavy (non-hydrogen) atoms. The molecule has 6 rings (SSSR count). The van der Waals surface area contributed by atoms with Crippen molar-refractivity contribution in [3.05, 3.63) is 84.4 Å². The van der Waals surface area contributed by atoms with Crippen molar-refractivity contribution in [3.63, 3.8) is 0 Å². The predicted octanol–water partition coefficient (Wildman–Crippen LogP) is 5.98. The number of hydrogen-bond acceptors (Lipinski definition) is 6. The van der Waals surface area contributed by atoms with Crippen molar-refractivity contribution in [1.82, 2.24) is 34.9 Å². The third kappa shape index (κ3) is 5.68. The van der Waals surface area contributed by atoms with Crippen LogP contribution >= 0.6 is 0 Å². The van der Waals surface area contributed by atoms with Gasteiger partial charge in [-0.05, 0) is 70.2 Å². The van der Waals surface area contributed by atoms with Crippen molar-refractivity contribution < 1.29 is 9.13 Å². The summed E-state index contributed by atoms with van der Waals surface area (Å²) >= 11 is 0. The molecule has 0 spiro atoms. The topological polar surface area (TPSA) is 86.0 Å². The predicted molar refractivity (Wildman–Crippen MR) is 161 cm³/mol. The van der Waals surface area contributed by atoms with Crippen LogP contribution < -0.4 is 4.74 Å². The summed E-state index contributed by atoms with van der Waals surface area (Å²) in [6, 6.07) is 19.1. The number of benzene rings is 2. The van der Waals surface area contributed by atoms with Gasteiger partial charge < -0.3 is 19.5 Å². The standard InChI is InChI=1S/C32H32FN7O/c1-39(2)10-11-41-24-14-22(13-23(33)15-24)31-25-17-29(36-27(25)8-9-34-31)32-26-16-28(35-18-30(26)37-38-32)21-7-5-6-20(12-21)19-40(3)4/h5-9,12-18,36H,10-11,19H2,1-4H3,(H,37,38). The molecule has 8 nitrogen and oxygen atoms in total. The molecule has 9 heteroatoms. The van der Waals surface area contributed by atoms with Crippen molar-refractivity contribution in [2.75, 3.05) is 41.3 Å². The minimum atomic E-state index is -0.370. The minimum Gasteiger partial charge on any atom is -0.492 e. The molecule has 0 saturated heterocycles. The number of pyridine rings is 2. The number of H-pyrrole nitrogens is 2. The van der Waals surface area contributed by atoms with Crippen LogP contribution in [0.1, 0.15) is 5.56 Å². The van der Waals surface area contributed by atoms with Gasteiger partial charge in [-0.1, -0.05) is 18.2 Å². The summed E-state index contributed by atoms with van der Waals surface area (Å²) in [5.74, 6) is 0.106. The maximum absolute atomic E-state index is 14.6. The first-order chi connectivity index (χ1) is 19.8. The van der Waals surface area contributed by atoms with Crippen molar-refractivity contribution in [3.8, 4) is 39.7 Å². The number of aromatic nitrogens is 5. The summed E-state index contributed by atoms with van der Waals surface area (Å²) in [4.78, 5) is 17.0. The molecule has 6 aromatic rings. The highest BCUT2D eigenvalue weighted by Gasteiger charge is 2.16. The molecule has 4 aromatic heterocycles. The van der Waals surface area contributed by atoms with Crippen LogP contribution in [-0.4, -0.2) is 76.3 Å². The van der Waals surface area contributed by atoms with E-state index in [4.69, 9.17) is 9.72 Å². The Kier molecular flexibility index (Phi) is 7.21. The van der Waals surface area contributed by atoms with Gasteiger partial charge in [0, 0.05) is 52.8 Å². The molecule has 0 amide bonds. The third-order valence-electron chi connectivity index (χ3n) is 6.92. The van der Waals surface area contributed by atoms with Gasteiger partial charge in [0.05, 0.1) is 28.8 Å². The van der Waals surface area contributed by atoms with Gasteiger partial charge in [0.15, 0.2) is 0 Å². The van der Waals surface area contributed by atoms with Crippen LogP contribution in [0, 0.1) is 5.82 Å². The van der Waals surface area contributed by atoms with E-state index in [1.54, 1.807) is 6.20 Å². The lowest BCUT2D eigenvalue weighted by molar-refractivity contribution is 0.260. The maximum Gasteiger partial charge on any atom is 0.127 e. The number of ether oxygens (including phenoxy) is 1. The van der Waals surface area contributed by atoms with E-state index in [1.165, 1.54) is 17.7 Å². The summed E-state index contributed by atoms with van der Waals surface area (Å²) in [5.41, 5.74) is 7.80. The van der Waals surface area contributed by atoms with Crippen molar-refractivity contribution in [2.45, 2.75) is 6.54 Å². The van der Waals surface area contributed by atoms with Gasteiger partial charge in [0.25, 0.3) is 0 Å². The second kappa shape index (κ2) is 11.1. The number of aromatic amines is 2. The Labute approximate surface area is 237 Å². The van der Waals surface area contributed by atoms with Crippen LogP contribution in [0.3, 0.4) is 0 Å². The van der Waals surface area contributed by atoms with Gasteiger partial charge in [-0.25, -0.2) is 4.39 Å². The quantitative estimate of drug-likeness (QED) is 0.231. The molecule has 208 valence electrons. The van der Waals surface area contributed by atoms with E-state index in [0.717, 1.165) is 57.5 Å². The Hall–Kier alpha value is -4.60. The number of halogens is 1. The molecule has 2 N–H and O–H groups in total. The van der Waals surface area contributed by atoms with Crippen LogP contribution in [0.15, 0.2) is 73.1 Å². The van der Waals surface area contributed by atoms with Crippen LogP contribution in [-0.2, 0) is 6.54 Å². The third-order valence-corrected chi connectivity index (χ3v) is 6.92. The fourth-order valence-electron chi connectivity index (χ4n) is 5.01. The lowest BCUT2D eigenvalue weighted by Crippen LogP contribution is -2.19. The summed E-state index contributed by atoms with van der Waals surface area (Å²) in [6.45, 7) is 2.05. The van der Waals surface area contributed by atoms with Crippen molar-refractivity contribution in [1.29, 1.82) is 0 Å². The Morgan fingerprint density at radius 3 is 2.51 bits per heavy atom. The first-order valence-corrected chi connectivity index (χ1v) is 13.5. The van der Waals surface area contributed by atoms with Gasteiger partial charge >= 0.3 is 0 Å². The number of rotatable bonds is 9. The summed E-state index contributed by atoms with van der Waals surface area (Å²) in [6.07, 6.45) is 3.54. The molecule has 0 saturated carbocycles. The molecule has 4 heterocycles. The molecule has 0 aliphatic rings. The highest BCUT2D eigenvalue weighted by Crippen LogP contribution is 2.35. The lowest BCUT2D eigenvalue weighted by Gasteiger charge is -2.12. The molecule has 0 bridgehead atoms. The zero-order valence-electron chi connectivity index (χ0n) is 23.6. The number of nitrogens with one attached hydrogen (secondary N) is 2. The lowest BCUT2D eigenvalue weighted by atomic mass is 10.0. The van der Waals surface area contributed by atoms with E-state index in [-0.39, 0.29) is 5.82 Å². The molecular formula is C32H32FN7O. The fourth-order valence-corrected chi connectivity index (χ4v) is 5.01. The number of hydrogen-bond donors (Lipinski definition) is 2. The second-order valence-corrected chi connectivity index (χ2v) is 10.8. The van der Waals surface area contributed by atoms with Crippen molar-refractivity contribution >= 4 is 21.8 Å². The van der Waals surface area contributed by atoms with Crippen LogP contribution in [0.5, 0.6) is 5.75 Å². The molecule has 0 fully saturated rings. The Morgan fingerprint density at radius 2 is 1.68 bits per heavy atom. The number of likely N-dealkylation sites (N-methyl/N-ethyl adjacent to an activating group) is 1. The zero-order chi connectivity index (χ0) is 28.5.